The molecule has 0 unspecified atom stereocenters. The summed E-state index contributed by atoms with van der Waals surface area (Å²) < 4.78 is 8.27. The van der Waals surface area contributed by atoms with Crippen LogP contribution in [0, 0.1) is 6.92 Å². The number of benzene rings is 1. The fourth-order valence-electron chi connectivity index (χ4n) is 2.17. The van der Waals surface area contributed by atoms with Crippen molar-refractivity contribution in [3.8, 4) is 17.0 Å². The number of rotatable bonds is 2. The van der Waals surface area contributed by atoms with Crippen molar-refractivity contribution >= 4 is 21.6 Å². The third-order valence-corrected chi connectivity index (χ3v) is 3.82. The van der Waals surface area contributed by atoms with Crippen molar-refractivity contribution in [1.82, 2.24) is 9.38 Å². The van der Waals surface area contributed by atoms with E-state index in [0.717, 1.165) is 32.8 Å². The second kappa shape index (κ2) is 4.70. The van der Waals surface area contributed by atoms with Crippen LogP contribution in [-0.4, -0.2) is 16.5 Å². The average molecular weight is 317 g/mol. The van der Waals surface area contributed by atoms with Gasteiger partial charge in [0.2, 0.25) is 0 Å². The molecule has 96 valence electrons. The van der Waals surface area contributed by atoms with Crippen LogP contribution in [-0.2, 0) is 0 Å². The Kier molecular flexibility index (Phi) is 3.03. The molecule has 2 heterocycles. The number of halogens is 1. The van der Waals surface area contributed by atoms with Crippen molar-refractivity contribution in [2.24, 2.45) is 0 Å². The van der Waals surface area contributed by atoms with Crippen molar-refractivity contribution in [1.29, 1.82) is 0 Å². The maximum atomic E-state index is 5.18. The summed E-state index contributed by atoms with van der Waals surface area (Å²) in [6.07, 6.45) is 2.02. The van der Waals surface area contributed by atoms with Crippen molar-refractivity contribution < 1.29 is 4.74 Å². The summed E-state index contributed by atoms with van der Waals surface area (Å²) in [6.45, 7) is 2.08. The highest BCUT2D eigenvalue weighted by atomic mass is 79.9. The number of nitrogens with zero attached hydrogens (tertiary/aromatic N) is 2. The minimum atomic E-state index is 0.853. The van der Waals surface area contributed by atoms with Gasteiger partial charge in [-0.2, -0.15) is 0 Å². The maximum Gasteiger partial charge on any atom is 0.152 e. The first-order valence-corrected chi connectivity index (χ1v) is 6.77. The number of ether oxygens (including phenoxy) is 1. The highest BCUT2D eigenvalue weighted by Gasteiger charge is 2.11. The topological polar surface area (TPSA) is 26.5 Å². The molecule has 0 atom stereocenters. The lowest BCUT2D eigenvalue weighted by atomic mass is 10.1. The Balaban J connectivity index is 2.19. The van der Waals surface area contributed by atoms with E-state index in [2.05, 4.69) is 27.3 Å². The third kappa shape index (κ3) is 2.02. The Labute approximate surface area is 120 Å². The maximum absolute atomic E-state index is 5.18. The number of fused-ring (bicyclic) bond motifs is 1. The molecule has 0 saturated heterocycles. The van der Waals surface area contributed by atoms with Crippen molar-refractivity contribution in [3.05, 3.63) is 52.8 Å². The predicted octanol–water partition coefficient (Wildman–Crippen LogP) is 4.08. The van der Waals surface area contributed by atoms with Gasteiger partial charge >= 0.3 is 0 Å². The van der Waals surface area contributed by atoms with Gasteiger partial charge in [-0.3, -0.25) is 0 Å². The SMILES string of the molecule is COc1ccc(-c2nc3c(Br)cccn3c2C)cc1. The zero-order valence-electron chi connectivity index (χ0n) is 10.7. The number of methoxy groups -OCH3 is 1. The predicted molar refractivity (Wildman–Crippen MR) is 79.6 cm³/mol. The average Bonchev–Trinajstić information content (AvgIpc) is 2.78. The Bertz CT molecular complexity index is 732. The van der Waals surface area contributed by atoms with Crippen LogP contribution in [0.1, 0.15) is 5.69 Å². The van der Waals surface area contributed by atoms with Gasteiger partial charge in [0.1, 0.15) is 5.75 Å². The minimum absolute atomic E-state index is 0.853. The largest absolute Gasteiger partial charge is 0.497 e. The Morgan fingerprint density at radius 2 is 1.89 bits per heavy atom. The van der Waals surface area contributed by atoms with E-state index < -0.39 is 0 Å². The smallest absolute Gasteiger partial charge is 0.152 e. The first kappa shape index (κ1) is 12.2. The normalized spacial score (nSPS) is 10.9. The molecule has 0 aliphatic carbocycles. The number of imidazole rings is 1. The van der Waals surface area contributed by atoms with Gasteiger partial charge in [-0.1, -0.05) is 0 Å². The molecule has 0 radical (unpaired) electrons. The molecule has 3 rings (SSSR count). The van der Waals surface area contributed by atoms with Gasteiger partial charge in [0.15, 0.2) is 5.65 Å². The molecule has 3 nitrogen and oxygen atoms in total. The molecular weight excluding hydrogens is 304 g/mol. The van der Waals surface area contributed by atoms with Crippen molar-refractivity contribution in [2.45, 2.75) is 6.92 Å². The highest BCUT2D eigenvalue weighted by molar-refractivity contribution is 9.10. The number of hydrogen-bond donors (Lipinski definition) is 0. The van der Waals surface area contributed by atoms with E-state index in [9.17, 15) is 0 Å². The lowest BCUT2D eigenvalue weighted by molar-refractivity contribution is 0.415. The molecular formula is C15H13BrN2O. The van der Waals surface area contributed by atoms with Gasteiger partial charge in [-0.25, -0.2) is 4.98 Å². The van der Waals surface area contributed by atoms with E-state index in [1.54, 1.807) is 7.11 Å². The van der Waals surface area contributed by atoms with Gasteiger partial charge in [0.25, 0.3) is 0 Å². The monoisotopic (exact) mass is 316 g/mol. The van der Waals surface area contributed by atoms with Gasteiger partial charge in [-0.05, 0) is 59.3 Å². The molecule has 0 aliphatic rings. The van der Waals surface area contributed by atoms with Gasteiger partial charge in [-0.15, -0.1) is 0 Å². The molecule has 0 spiro atoms. The summed E-state index contributed by atoms with van der Waals surface area (Å²) in [7, 11) is 1.67. The molecule has 19 heavy (non-hydrogen) atoms. The van der Waals surface area contributed by atoms with Crippen molar-refractivity contribution in [3.63, 3.8) is 0 Å². The van der Waals surface area contributed by atoms with E-state index in [-0.39, 0.29) is 0 Å². The zero-order valence-corrected chi connectivity index (χ0v) is 12.3. The third-order valence-electron chi connectivity index (χ3n) is 3.20. The van der Waals surface area contributed by atoms with E-state index in [4.69, 9.17) is 9.72 Å². The van der Waals surface area contributed by atoms with Crippen molar-refractivity contribution in [2.75, 3.05) is 7.11 Å². The summed E-state index contributed by atoms with van der Waals surface area (Å²) in [4.78, 5) is 4.71. The molecule has 0 bridgehead atoms. The molecule has 0 fully saturated rings. The summed E-state index contributed by atoms with van der Waals surface area (Å²) in [5, 5.41) is 0. The second-order valence-electron chi connectivity index (χ2n) is 4.32. The lowest BCUT2D eigenvalue weighted by Gasteiger charge is -2.02. The number of aromatic nitrogens is 2. The van der Waals surface area contributed by atoms with E-state index in [1.807, 2.05) is 42.6 Å². The second-order valence-corrected chi connectivity index (χ2v) is 5.18. The minimum Gasteiger partial charge on any atom is -0.497 e. The Morgan fingerprint density at radius 1 is 1.16 bits per heavy atom. The number of pyridine rings is 1. The standard InChI is InChI=1S/C15H13BrN2O/c1-10-14(11-5-7-12(19-2)8-6-11)17-15-13(16)4-3-9-18(10)15/h3-9H,1-2H3. The summed E-state index contributed by atoms with van der Waals surface area (Å²) in [6, 6.07) is 12.0. The highest BCUT2D eigenvalue weighted by Crippen LogP contribution is 2.28. The molecule has 0 amide bonds. The summed E-state index contributed by atoms with van der Waals surface area (Å²) in [5.41, 5.74) is 4.15. The number of aryl methyl sites for hydroxylation is 1. The molecule has 2 aromatic heterocycles. The molecule has 4 heteroatoms. The molecule has 0 saturated carbocycles. The molecule has 0 N–H and O–H groups in total. The molecule has 1 aromatic carbocycles. The number of hydrogen-bond acceptors (Lipinski definition) is 2. The van der Waals surface area contributed by atoms with Crippen LogP contribution in [0.3, 0.4) is 0 Å². The Morgan fingerprint density at radius 3 is 2.53 bits per heavy atom. The quantitative estimate of drug-likeness (QED) is 0.712. The first-order chi connectivity index (χ1) is 9.20. The van der Waals surface area contributed by atoms with Gasteiger partial charge in [0, 0.05) is 17.5 Å². The van der Waals surface area contributed by atoms with Crippen LogP contribution in [0.4, 0.5) is 0 Å². The summed E-state index contributed by atoms with van der Waals surface area (Å²) in [5.74, 6) is 0.853. The van der Waals surface area contributed by atoms with E-state index >= 15 is 0 Å². The zero-order chi connectivity index (χ0) is 13.4. The van der Waals surface area contributed by atoms with Crippen LogP contribution in [0.15, 0.2) is 47.1 Å². The van der Waals surface area contributed by atoms with Gasteiger partial charge < -0.3 is 9.14 Å². The van der Waals surface area contributed by atoms with Crippen LogP contribution in [0.25, 0.3) is 16.9 Å². The Hall–Kier alpha value is -1.81. The van der Waals surface area contributed by atoms with Crippen LogP contribution < -0.4 is 4.74 Å². The molecule has 3 aromatic rings. The van der Waals surface area contributed by atoms with Crippen LogP contribution >= 0.6 is 15.9 Å². The lowest BCUT2D eigenvalue weighted by Crippen LogP contribution is -1.87. The molecule has 0 aliphatic heterocycles. The van der Waals surface area contributed by atoms with Crippen LogP contribution in [0.5, 0.6) is 5.75 Å². The van der Waals surface area contributed by atoms with E-state index in [1.165, 1.54) is 0 Å². The van der Waals surface area contributed by atoms with Gasteiger partial charge in [0.05, 0.1) is 17.3 Å². The first-order valence-electron chi connectivity index (χ1n) is 5.98. The summed E-state index contributed by atoms with van der Waals surface area (Å²) >= 11 is 3.54. The fourth-order valence-corrected chi connectivity index (χ4v) is 2.61. The van der Waals surface area contributed by atoms with E-state index in [0.29, 0.717) is 0 Å². The fraction of sp³-hybridized carbons (Fsp3) is 0.133. The van der Waals surface area contributed by atoms with Crippen LogP contribution in [0.2, 0.25) is 0 Å².